The fourth-order valence-corrected chi connectivity index (χ4v) is 3.16. The number of likely N-dealkylation sites (N-methyl/N-ethyl adjacent to an activating group) is 1. The Labute approximate surface area is 118 Å². The Hall–Kier alpha value is -0.380. The summed E-state index contributed by atoms with van der Waals surface area (Å²) < 4.78 is 5.74. The van der Waals surface area contributed by atoms with Crippen LogP contribution in [0, 0.1) is 0 Å². The van der Waals surface area contributed by atoms with E-state index in [1.54, 1.807) is 0 Å². The normalized spacial score (nSPS) is 15.3. The summed E-state index contributed by atoms with van der Waals surface area (Å²) in [5.74, 6) is 2.25. The highest BCUT2D eigenvalue weighted by Crippen LogP contribution is 2.33. The van der Waals surface area contributed by atoms with Crippen LogP contribution in [0.1, 0.15) is 17.5 Å². The van der Waals surface area contributed by atoms with Crippen LogP contribution < -0.4 is 10.1 Å². The molecule has 100 valence electrons. The first-order valence-corrected chi connectivity index (χ1v) is 8.12. The number of hydrogen-bond acceptors (Lipinski definition) is 3. The monoisotopic (exact) mass is 285 g/mol. The van der Waals surface area contributed by atoms with E-state index in [1.165, 1.54) is 23.3 Å². The molecular formula is C14H20ClNOS. The van der Waals surface area contributed by atoms with Crippen molar-refractivity contribution >= 4 is 23.4 Å². The Morgan fingerprint density at radius 1 is 1.50 bits per heavy atom. The number of rotatable bonds is 6. The average Bonchev–Trinajstić information content (AvgIpc) is 2.82. The second kappa shape index (κ2) is 6.69. The Morgan fingerprint density at radius 2 is 2.33 bits per heavy atom. The van der Waals surface area contributed by atoms with Gasteiger partial charge in [0.1, 0.15) is 5.75 Å². The minimum atomic E-state index is 0.490. The zero-order chi connectivity index (χ0) is 13.0. The maximum absolute atomic E-state index is 6.18. The summed E-state index contributed by atoms with van der Waals surface area (Å²) in [6.07, 6.45) is 5.28. The first kappa shape index (κ1) is 14.0. The van der Waals surface area contributed by atoms with E-state index >= 15 is 0 Å². The molecule has 0 fully saturated rings. The third-order valence-electron chi connectivity index (χ3n) is 3.37. The number of thioether (sulfide) groups is 1. The topological polar surface area (TPSA) is 21.3 Å². The molecule has 0 amide bonds. The standard InChI is InChI=1S/C14H20ClNOS/c1-16-13(4-6-18-2)9-11-8-12(15)7-10-3-5-17-14(10)11/h7-8,13,16H,3-6,9H2,1-2H3. The smallest absolute Gasteiger partial charge is 0.125 e. The second-order valence-electron chi connectivity index (χ2n) is 4.62. The molecule has 1 unspecified atom stereocenters. The van der Waals surface area contributed by atoms with Crippen molar-refractivity contribution < 1.29 is 4.74 Å². The van der Waals surface area contributed by atoms with Crippen LogP contribution in [0.5, 0.6) is 5.75 Å². The Kier molecular flexibility index (Phi) is 5.22. The summed E-state index contributed by atoms with van der Waals surface area (Å²) in [5.41, 5.74) is 2.51. The molecule has 0 spiro atoms. The minimum Gasteiger partial charge on any atom is -0.493 e. The van der Waals surface area contributed by atoms with Crippen molar-refractivity contribution in [3.8, 4) is 5.75 Å². The highest BCUT2D eigenvalue weighted by Gasteiger charge is 2.19. The molecule has 1 N–H and O–H groups in total. The van der Waals surface area contributed by atoms with Crippen molar-refractivity contribution in [2.75, 3.05) is 25.7 Å². The van der Waals surface area contributed by atoms with Gasteiger partial charge in [0.2, 0.25) is 0 Å². The number of ether oxygens (including phenoxy) is 1. The number of benzene rings is 1. The molecule has 1 aliphatic heterocycles. The van der Waals surface area contributed by atoms with E-state index in [0.717, 1.165) is 30.2 Å². The lowest BCUT2D eigenvalue weighted by molar-refractivity contribution is 0.351. The van der Waals surface area contributed by atoms with Crippen LogP contribution in [0.4, 0.5) is 0 Å². The molecule has 0 radical (unpaired) electrons. The van der Waals surface area contributed by atoms with Crippen LogP contribution in [0.2, 0.25) is 5.02 Å². The zero-order valence-electron chi connectivity index (χ0n) is 11.0. The molecule has 1 heterocycles. The summed E-state index contributed by atoms with van der Waals surface area (Å²) in [7, 11) is 2.02. The molecule has 0 bridgehead atoms. The number of hydrogen-bond donors (Lipinski definition) is 1. The maximum atomic E-state index is 6.18. The molecule has 1 atom stereocenters. The molecule has 0 aliphatic carbocycles. The van der Waals surface area contributed by atoms with Gasteiger partial charge in [0.25, 0.3) is 0 Å². The van der Waals surface area contributed by atoms with Gasteiger partial charge in [0.15, 0.2) is 0 Å². The summed E-state index contributed by atoms with van der Waals surface area (Å²) in [6.45, 7) is 0.789. The van der Waals surface area contributed by atoms with Gasteiger partial charge in [0, 0.05) is 17.5 Å². The first-order chi connectivity index (χ1) is 8.74. The lowest BCUT2D eigenvalue weighted by atomic mass is 10.0. The summed E-state index contributed by atoms with van der Waals surface area (Å²) in [6, 6.07) is 4.57. The molecule has 1 aliphatic rings. The summed E-state index contributed by atoms with van der Waals surface area (Å²) in [4.78, 5) is 0. The zero-order valence-corrected chi connectivity index (χ0v) is 12.5. The predicted molar refractivity (Wildman–Crippen MR) is 80.2 cm³/mol. The van der Waals surface area contributed by atoms with Crippen molar-refractivity contribution in [2.45, 2.75) is 25.3 Å². The van der Waals surface area contributed by atoms with E-state index in [9.17, 15) is 0 Å². The second-order valence-corrected chi connectivity index (χ2v) is 6.04. The fraction of sp³-hybridized carbons (Fsp3) is 0.571. The third kappa shape index (κ3) is 3.34. The maximum Gasteiger partial charge on any atom is 0.125 e. The van der Waals surface area contributed by atoms with Crippen molar-refractivity contribution in [2.24, 2.45) is 0 Å². The Bertz CT molecular complexity index is 411. The van der Waals surface area contributed by atoms with Gasteiger partial charge >= 0.3 is 0 Å². The predicted octanol–water partition coefficient (Wildman–Crippen LogP) is 3.16. The van der Waals surface area contributed by atoms with Crippen LogP contribution in [-0.2, 0) is 12.8 Å². The van der Waals surface area contributed by atoms with Gasteiger partial charge in [-0.1, -0.05) is 11.6 Å². The van der Waals surface area contributed by atoms with Crippen LogP contribution in [0.15, 0.2) is 12.1 Å². The quantitative estimate of drug-likeness (QED) is 0.867. The van der Waals surface area contributed by atoms with Crippen molar-refractivity contribution in [3.05, 3.63) is 28.3 Å². The number of nitrogens with one attached hydrogen (secondary N) is 1. The van der Waals surface area contributed by atoms with Gasteiger partial charge in [-0.05, 0) is 55.2 Å². The van der Waals surface area contributed by atoms with E-state index in [2.05, 4.69) is 17.6 Å². The summed E-state index contributed by atoms with van der Waals surface area (Å²) >= 11 is 8.07. The van der Waals surface area contributed by atoms with Crippen LogP contribution in [-0.4, -0.2) is 31.7 Å². The largest absolute Gasteiger partial charge is 0.493 e. The highest BCUT2D eigenvalue weighted by molar-refractivity contribution is 7.98. The Morgan fingerprint density at radius 3 is 3.06 bits per heavy atom. The number of fused-ring (bicyclic) bond motifs is 1. The van der Waals surface area contributed by atoms with Gasteiger partial charge < -0.3 is 10.1 Å². The molecule has 0 saturated heterocycles. The SMILES string of the molecule is CNC(CCSC)Cc1cc(Cl)cc2c1OCC2. The Balaban J connectivity index is 2.12. The molecule has 1 aromatic rings. The van der Waals surface area contributed by atoms with Gasteiger partial charge in [-0.2, -0.15) is 11.8 Å². The molecule has 1 aromatic carbocycles. The molecular weight excluding hydrogens is 266 g/mol. The van der Waals surface area contributed by atoms with E-state index < -0.39 is 0 Å². The lowest BCUT2D eigenvalue weighted by Crippen LogP contribution is -2.28. The highest BCUT2D eigenvalue weighted by atomic mass is 35.5. The van der Waals surface area contributed by atoms with E-state index in [-0.39, 0.29) is 0 Å². The van der Waals surface area contributed by atoms with Crippen molar-refractivity contribution in [1.29, 1.82) is 0 Å². The van der Waals surface area contributed by atoms with Crippen molar-refractivity contribution in [1.82, 2.24) is 5.32 Å². The minimum absolute atomic E-state index is 0.490. The van der Waals surface area contributed by atoms with Crippen LogP contribution in [0.25, 0.3) is 0 Å². The molecule has 2 nitrogen and oxygen atoms in total. The third-order valence-corrected chi connectivity index (χ3v) is 4.23. The van der Waals surface area contributed by atoms with Crippen LogP contribution >= 0.6 is 23.4 Å². The van der Waals surface area contributed by atoms with Gasteiger partial charge in [-0.15, -0.1) is 0 Å². The van der Waals surface area contributed by atoms with Gasteiger partial charge in [-0.3, -0.25) is 0 Å². The molecule has 18 heavy (non-hydrogen) atoms. The molecule has 0 saturated carbocycles. The van der Waals surface area contributed by atoms with Crippen LogP contribution in [0.3, 0.4) is 0 Å². The van der Waals surface area contributed by atoms with E-state index in [1.807, 2.05) is 24.9 Å². The number of halogens is 1. The summed E-state index contributed by atoms with van der Waals surface area (Å²) in [5, 5.41) is 4.21. The molecule has 2 rings (SSSR count). The van der Waals surface area contributed by atoms with Gasteiger partial charge in [-0.25, -0.2) is 0 Å². The molecule has 4 heteroatoms. The van der Waals surface area contributed by atoms with E-state index in [4.69, 9.17) is 16.3 Å². The molecule has 0 aromatic heterocycles. The van der Waals surface area contributed by atoms with Gasteiger partial charge in [0.05, 0.1) is 6.61 Å². The van der Waals surface area contributed by atoms with E-state index in [0.29, 0.717) is 6.04 Å². The first-order valence-electron chi connectivity index (χ1n) is 6.35. The lowest BCUT2D eigenvalue weighted by Gasteiger charge is -2.17. The van der Waals surface area contributed by atoms with Crippen molar-refractivity contribution in [3.63, 3.8) is 0 Å². The fourth-order valence-electron chi connectivity index (χ4n) is 2.37. The average molecular weight is 286 g/mol.